The molecule has 2 aliphatic heterocycles. The number of likely N-dealkylation sites (tertiary alicyclic amines) is 1. The van der Waals surface area contributed by atoms with Gasteiger partial charge in [0, 0.05) is 44.2 Å². The van der Waals surface area contributed by atoms with Crippen molar-refractivity contribution in [3.8, 4) is 10.6 Å². The lowest BCUT2D eigenvalue weighted by Gasteiger charge is -2.47. The highest BCUT2D eigenvalue weighted by Crippen LogP contribution is 2.35. The normalized spacial score (nSPS) is 23.2. The van der Waals surface area contributed by atoms with Crippen molar-refractivity contribution in [1.82, 2.24) is 20.4 Å². The standard InChI is InChI=1S/C19H25N5OS/c1-20-10-12-24-16-9-11-23(13-15(16)7-8-17(24)25)19-22-21-18(26-19)14-5-3-2-4-6-14/h2-6,15-16,20H,7-13H2,1H3/t15-,16+/m0/s1. The maximum atomic E-state index is 12.3. The van der Waals surface area contributed by atoms with Crippen molar-refractivity contribution < 1.29 is 4.79 Å². The van der Waals surface area contributed by atoms with Crippen LogP contribution in [-0.4, -0.2) is 60.3 Å². The van der Waals surface area contributed by atoms with E-state index in [0.29, 0.717) is 24.3 Å². The van der Waals surface area contributed by atoms with Crippen molar-refractivity contribution in [2.45, 2.75) is 25.3 Å². The highest BCUT2D eigenvalue weighted by Gasteiger charge is 2.39. The number of anilines is 1. The fourth-order valence-electron chi connectivity index (χ4n) is 4.09. The number of benzene rings is 1. The summed E-state index contributed by atoms with van der Waals surface area (Å²) in [5, 5.41) is 14.0. The van der Waals surface area contributed by atoms with Gasteiger partial charge in [0.2, 0.25) is 11.0 Å². The lowest BCUT2D eigenvalue weighted by atomic mass is 9.83. The number of amides is 1. The third kappa shape index (κ3) is 3.46. The molecule has 3 heterocycles. The van der Waals surface area contributed by atoms with Gasteiger partial charge in [-0.15, -0.1) is 10.2 Å². The Bertz CT molecular complexity index is 749. The zero-order valence-corrected chi connectivity index (χ0v) is 15.9. The molecule has 6 nitrogen and oxygen atoms in total. The van der Waals surface area contributed by atoms with Gasteiger partial charge in [-0.2, -0.15) is 0 Å². The summed E-state index contributed by atoms with van der Waals surface area (Å²) < 4.78 is 0. The highest BCUT2D eigenvalue weighted by molar-refractivity contribution is 7.18. The quantitative estimate of drug-likeness (QED) is 0.873. The second kappa shape index (κ2) is 7.72. The molecule has 1 aromatic heterocycles. The Morgan fingerprint density at radius 2 is 2.08 bits per heavy atom. The topological polar surface area (TPSA) is 61.4 Å². The number of carbonyl (C=O) groups excluding carboxylic acids is 1. The van der Waals surface area contributed by atoms with Crippen molar-refractivity contribution in [1.29, 1.82) is 0 Å². The molecule has 0 spiro atoms. The van der Waals surface area contributed by atoms with Crippen LogP contribution < -0.4 is 10.2 Å². The van der Waals surface area contributed by atoms with E-state index in [4.69, 9.17) is 0 Å². The molecule has 2 saturated heterocycles. The second-order valence-corrected chi connectivity index (χ2v) is 8.00. The first-order chi connectivity index (χ1) is 12.8. The van der Waals surface area contributed by atoms with Gasteiger partial charge < -0.3 is 15.1 Å². The first kappa shape index (κ1) is 17.4. The Kier molecular flexibility index (Phi) is 5.17. The molecule has 0 saturated carbocycles. The zero-order valence-electron chi connectivity index (χ0n) is 15.1. The largest absolute Gasteiger partial charge is 0.346 e. The SMILES string of the molecule is CNCCN1C(=O)CC[C@H]2CN(c3nnc(-c4ccccc4)s3)CC[C@H]21. The minimum absolute atomic E-state index is 0.317. The number of likely N-dealkylation sites (N-methyl/N-ethyl adjacent to an activating group) is 1. The number of fused-ring (bicyclic) bond motifs is 1. The van der Waals surface area contributed by atoms with Crippen LogP contribution in [0.3, 0.4) is 0 Å². The number of nitrogens with one attached hydrogen (secondary N) is 1. The van der Waals surface area contributed by atoms with Gasteiger partial charge in [-0.1, -0.05) is 41.7 Å². The lowest BCUT2D eigenvalue weighted by Crippen LogP contribution is -2.57. The maximum absolute atomic E-state index is 12.3. The average molecular weight is 372 g/mol. The number of hydrogen-bond acceptors (Lipinski definition) is 6. The minimum Gasteiger partial charge on any atom is -0.346 e. The van der Waals surface area contributed by atoms with Gasteiger partial charge in [0.15, 0.2) is 0 Å². The Morgan fingerprint density at radius 3 is 2.88 bits per heavy atom. The van der Waals surface area contributed by atoms with Crippen LogP contribution in [0.2, 0.25) is 0 Å². The number of rotatable bonds is 5. The predicted molar refractivity (Wildman–Crippen MR) is 104 cm³/mol. The summed E-state index contributed by atoms with van der Waals surface area (Å²) in [6.45, 7) is 3.58. The third-order valence-electron chi connectivity index (χ3n) is 5.45. The Labute approximate surface area is 158 Å². The van der Waals surface area contributed by atoms with E-state index in [1.54, 1.807) is 11.3 Å². The summed E-state index contributed by atoms with van der Waals surface area (Å²) >= 11 is 1.66. The molecule has 2 fully saturated rings. The fraction of sp³-hybridized carbons (Fsp3) is 0.526. The van der Waals surface area contributed by atoms with Gasteiger partial charge in [-0.25, -0.2) is 0 Å². The number of aromatic nitrogens is 2. The van der Waals surface area contributed by atoms with Gasteiger partial charge in [0.25, 0.3) is 0 Å². The molecule has 26 heavy (non-hydrogen) atoms. The molecule has 0 radical (unpaired) electrons. The highest BCUT2D eigenvalue weighted by atomic mass is 32.1. The molecular weight excluding hydrogens is 346 g/mol. The number of carbonyl (C=O) groups is 1. The van der Waals surface area contributed by atoms with E-state index in [-0.39, 0.29) is 0 Å². The first-order valence-electron chi connectivity index (χ1n) is 9.34. The van der Waals surface area contributed by atoms with Crippen molar-refractivity contribution in [3.63, 3.8) is 0 Å². The Hall–Kier alpha value is -1.99. The van der Waals surface area contributed by atoms with Crippen molar-refractivity contribution in [2.75, 3.05) is 38.1 Å². The Morgan fingerprint density at radius 1 is 1.23 bits per heavy atom. The molecule has 2 aliphatic rings. The number of piperidine rings is 2. The molecule has 7 heteroatoms. The van der Waals surface area contributed by atoms with Crippen LogP contribution in [-0.2, 0) is 4.79 Å². The van der Waals surface area contributed by atoms with Crippen LogP contribution in [0.25, 0.3) is 10.6 Å². The average Bonchev–Trinajstić information content (AvgIpc) is 3.18. The van der Waals surface area contributed by atoms with Crippen LogP contribution in [0.1, 0.15) is 19.3 Å². The summed E-state index contributed by atoms with van der Waals surface area (Å²) in [7, 11) is 1.94. The Balaban J connectivity index is 1.45. The van der Waals surface area contributed by atoms with Crippen LogP contribution in [0.4, 0.5) is 5.13 Å². The zero-order chi connectivity index (χ0) is 17.9. The number of nitrogens with zero attached hydrogens (tertiary/aromatic N) is 4. The maximum Gasteiger partial charge on any atom is 0.222 e. The molecule has 4 rings (SSSR count). The van der Waals surface area contributed by atoms with Crippen molar-refractivity contribution in [2.24, 2.45) is 5.92 Å². The smallest absolute Gasteiger partial charge is 0.222 e. The van der Waals surface area contributed by atoms with E-state index >= 15 is 0 Å². The van der Waals surface area contributed by atoms with E-state index < -0.39 is 0 Å². The van der Waals surface area contributed by atoms with Crippen LogP contribution in [0.15, 0.2) is 30.3 Å². The molecule has 1 N–H and O–H groups in total. The molecule has 2 atom stereocenters. The fourth-order valence-corrected chi connectivity index (χ4v) is 4.97. The molecule has 2 aromatic rings. The molecule has 138 valence electrons. The molecule has 1 aromatic carbocycles. The summed E-state index contributed by atoms with van der Waals surface area (Å²) in [4.78, 5) is 16.8. The lowest BCUT2D eigenvalue weighted by molar-refractivity contribution is -0.139. The van der Waals surface area contributed by atoms with Gasteiger partial charge in [-0.3, -0.25) is 4.79 Å². The molecular formula is C19H25N5OS. The van der Waals surface area contributed by atoms with E-state index in [1.165, 1.54) is 0 Å². The van der Waals surface area contributed by atoms with Crippen LogP contribution in [0.5, 0.6) is 0 Å². The second-order valence-electron chi connectivity index (χ2n) is 7.05. The van der Waals surface area contributed by atoms with E-state index in [2.05, 4.69) is 37.4 Å². The monoisotopic (exact) mass is 371 g/mol. The molecule has 0 bridgehead atoms. The first-order valence-corrected chi connectivity index (χ1v) is 10.2. The summed E-state index contributed by atoms with van der Waals surface area (Å²) in [5.41, 5.74) is 1.12. The van der Waals surface area contributed by atoms with Crippen LogP contribution >= 0.6 is 11.3 Å². The third-order valence-corrected chi connectivity index (χ3v) is 6.48. The molecule has 0 aliphatic carbocycles. The van der Waals surface area contributed by atoms with Gasteiger partial charge in [-0.05, 0) is 25.8 Å². The molecule has 1 amide bonds. The van der Waals surface area contributed by atoms with Gasteiger partial charge in [0.1, 0.15) is 5.01 Å². The van der Waals surface area contributed by atoms with E-state index in [1.807, 2.05) is 25.2 Å². The number of hydrogen-bond donors (Lipinski definition) is 1. The van der Waals surface area contributed by atoms with Crippen molar-refractivity contribution in [3.05, 3.63) is 30.3 Å². The van der Waals surface area contributed by atoms with Crippen LogP contribution in [0, 0.1) is 5.92 Å². The van der Waals surface area contributed by atoms with E-state index in [9.17, 15) is 4.79 Å². The molecule has 0 unspecified atom stereocenters. The van der Waals surface area contributed by atoms with Crippen molar-refractivity contribution >= 4 is 22.4 Å². The summed E-state index contributed by atoms with van der Waals surface area (Å²) in [5.74, 6) is 0.847. The van der Waals surface area contributed by atoms with Gasteiger partial charge in [0.05, 0.1) is 0 Å². The summed E-state index contributed by atoms with van der Waals surface area (Å²) in [6, 6.07) is 10.6. The summed E-state index contributed by atoms with van der Waals surface area (Å²) in [6.07, 6.45) is 2.67. The predicted octanol–water partition coefficient (Wildman–Crippen LogP) is 2.24. The van der Waals surface area contributed by atoms with Gasteiger partial charge >= 0.3 is 0 Å². The minimum atomic E-state index is 0.317. The van der Waals surface area contributed by atoms with E-state index in [0.717, 1.165) is 54.7 Å².